The first kappa shape index (κ1) is 23.0. The summed E-state index contributed by atoms with van der Waals surface area (Å²) >= 11 is 0. The molecule has 0 saturated heterocycles. The van der Waals surface area contributed by atoms with Crippen molar-refractivity contribution >= 4 is 18.5 Å². The molecule has 0 spiro atoms. The van der Waals surface area contributed by atoms with E-state index in [2.05, 4.69) is 63.0 Å². The maximum absolute atomic E-state index is 13.3. The van der Waals surface area contributed by atoms with E-state index in [1.54, 1.807) is 0 Å². The molecule has 160 valence electrons. The van der Waals surface area contributed by atoms with Crippen molar-refractivity contribution in [1.82, 2.24) is 0 Å². The highest BCUT2D eigenvalue weighted by Gasteiger charge is 2.56. The van der Waals surface area contributed by atoms with E-state index in [0.29, 0.717) is 35.5 Å². The van der Waals surface area contributed by atoms with Gasteiger partial charge in [0.05, 0.1) is 24.0 Å². The van der Waals surface area contributed by atoms with Crippen molar-refractivity contribution in [1.29, 1.82) is 0 Å². The van der Waals surface area contributed by atoms with Crippen LogP contribution in [0, 0.1) is 23.7 Å². The highest BCUT2D eigenvalue weighted by Crippen LogP contribution is 2.72. The van der Waals surface area contributed by atoms with E-state index in [4.69, 9.17) is 4.74 Å². The highest BCUT2D eigenvalue weighted by molar-refractivity contribution is 7.87. The van der Waals surface area contributed by atoms with Crippen LogP contribution in [-0.2, 0) is 9.53 Å². The lowest BCUT2D eigenvalue weighted by molar-refractivity contribution is -0.152. The Labute approximate surface area is 188 Å². The van der Waals surface area contributed by atoms with Crippen LogP contribution < -0.4 is 22.3 Å². The number of rotatable bonds is 5. The molecule has 1 aliphatic heterocycles. The lowest BCUT2D eigenvalue weighted by atomic mass is 9.75. The van der Waals surface area contributed by atoms with Gasteiger partial charge in [0.15, 0.2) is 6.16 Å². The molecule has 0 radical (unpaired) electrons. The topological polar surface area (TPSA) is 26.3 Å². The van der Waals surface area contributed by atoms with E-state index in [1.807, 2.05) is 0 Å². The Morgan fingerprint density at radius 2 is 1.90 bits per heavy atom. The predicted octanol–water partition coefficient (Wildman–Crippen LogP) is 3.03. The number of halogens is 1. The number of hydrogen-bond donors (Lipinski definition) is 0. The van der Waals surface area contributed by atoms with Gasteiger partial charge in [0, 0.05) is 5.92 Å². The summed E-state index contributed by atoms with van der Waals surface area (Å²) in [6.07, 6.45) is 10.5. The van der Waals surface area contributed by atoms with Gasteiger partial charge in [0.1, 0.15) is 6.10 Å². The monoisotopic (exact) mass is 478 g/mol. The number of hydrogen-bond acceptors (Lipinski definition) is 2. The zero-order chi connectivity index (χ0) is 19.7. The second-order valence-electron chi connectivity index (χ2n) is 9.78. The van der Waals surface area contributed by atoms with Crippen molar-refractivity contribution in [3.05, 3.63) is 42.2 Å². The average molecular weight is 479 g/mol. The minimum atomic E-state index is -1.64. The van der Waals surface area contributed by atoms with Crippen molar-refractivity contribution in [2.24, 2.45) is 23.7 Å². The van der Waals surface area contributed by atoms with Crippen LogP contribution in [0.5, 0.6) is 0 Å². The first-order chi connectivity index (χ1) is 13.5. The molecule has 0 aromatic heterocycles. The van der Waals surface area contributed by atoms with Crippen molar-refractivity contribution in [3.63, 3.8) is 0 Å². The van der Waals surface area contributed by atoms with Gasteiger partial charge in [0.25, 0.3) is 0 Å². The Bertz CT molecular complexity index is 719. The number of allylic oxidation sites excluding steroid dienone is 1. The molecule has 1 heterocycles. The van der Waals surface area contributed by atoms with Gasteiger partial charge in [-0.25, -0.2) is 4.79 Å². The summed E-state index contributed by atoms with van der Waals surface area (Å²) in [5.41, 5.74) is 0.661. The van der Waals surface area contributed by atoms with Gasteiger partial charge in [-0.15, -0.1) is 0 Å². The third-order valence-electron chi connectivity index (χ3n) is 7.59. The molecule has 1 unspecified atom stereocenters. The van der Waals surface area contributed by atoms with Crippen molar-refractivity contribution in [3.8, 4) is 0 Å². The molecule has 0 bridgehead atoms. The molecule has 4 heteroatoms. The number of carbonyl (C=O) groups excluding carboxylic acids is 1. The van der Waals surface area contributed by atoms with Crippen molar-refractivity contribution in [2.75, 3.05) is 6.16 Å². The standard InChI is InChI=1S/C25H36O2P.BrH/c1-18(2)22-13-12-19(3)16-23(22)27-25(26)17-28(21-9-5-4-6-10-21)15-14-20-8-7-11-24(20)28;/h4-6,9-10,14-15,18-20,22-24H,7-8,11-13,16-17H2,1-3H3;1H/q+1;/p-1/t19-,20+,22+,23-,24+,28?;/m1./s1. The number of esters is 1. The Balaban J connectivity index is 0.00000240. The van der Waals surface area contributed by atoms with Gasteiger partial charge in [-0.1, -0.05) is 45.4 Å². The van der Waals surface area contributed by atoms with Gasteiger partial charge >= 0.3 is 5.97 Å². The highest BCUT2D eigenvalue weighted by atomic mass is 79.9. The molecule has 2 saturated carbocycles. The predicted molar refractivity (Wildman–Crippen MR) is 119 cm³/mol. The summed E-state index contributed by atoms with van der Waals surface area (Å²) < 4.78 is 6.25. The fraction of sp³-hybridized carbons (Fsp3) is 0.640. The maximum atomic E-state index is 13.3. The summed E-state index contributed by atoms with van der Waals surface area (Å²) in [7, 11) is -1.64. The number of ether oxygens (including phenoxy) is 1. The SMILES string of the molecule is CC(C)[C@@H]1CC[C@@H](C)C[C@H]1OC(=O)C[P+]1(c2ccccc2)C=C[C@@H]2CCC[C@@H]21.[Br-]. The minimum absolute atomic E-state index is 0. The number of carbonyl (C=O) groups is 1. The van der Waals surface area contributed by atoms with E-state index < -0.39 is 7.26 Å². The van der Waals surface area contributed by atoms with Crippen molar-refractivity contribution < 1.29 is 26.5 Å². The van der Waals surface area contributed by atoms with E-state index in [-0.39, 0.29) is 29.1 Å². The van der Waals surface area contributed by atoms with Crippen LogP contribution in [0.2, 0.25) is 0 Å². The molecule has 0 amide bonds. The first-order valence-electron chi connectivity index (χ1n) is 11.3. The van der Waals surface area contributed by atoms with E-state index in [1.165, 1.54) is 37.4 Å². The zero-order valence-electron chi connectivity index (χ0n) is 18.1. The smallest absolute Gasteiger partial charge is 0.344 e. The summed E-state index contributed by atoms with van der Waals surface area (Å²) in [6, 6.07) is 10.9. The Morgan fingerprint density at radius 3 is 2.62 bits per heavy atom. The van der Waals surface area contributed by atoms with E-state index >= 15 is 0 Å². The molecule has 2 aliphatic carbocycles. The quantitative estimate of drug-likeness (QED) is 0.480. The second-order valence-corrected chi connectivity index (χ2v) is 13.4. The molecule has 1 aromatic rings. The van der Waals surface area contributed by atoms with Crippen LogP contribution in [0.1, 0.15) is 59.3 Å². The minimum Gasteiger partial charge on any atom is -1.00 e. The van der Waals surface area contributed by atoms with Crippen LogP contribution in [0.15, 0.2) is 42.2 Å². The van der Waals surface area contributed by atoms with E-state index in [0.717, 1.165) is 6.42 Å². The molecular formula is C25H36BrO2P. The molecule has 2 nitrogen and oxygen atoms in total. The second kappa shape index (κ2) is 9.65. The average Bonchev–Trinajstić information content (AvgIpc) is 3.26. The van der Waals surface area contributed by atoms with Crippen LogP contribution >= 0.6 is 7.26 Å². The molecule has 4 rings (SSSR count). The van der Waals surface area contributed by atoms with Gasteiger partial charge < -0.3 is 21.7 Å². The third-order valence-corrected chi connectivity index (χ3v) is 12.2. The summed E-state index contributed by atoms with van der Waals surface area (Å²) in [4.78, 5) is 13.3. The fourth-order valence-electron chi connectivity index (χ4n) is 6.05. The van der Waals surface area contributed by atoms with Gasteiger partial charge in [-0.3, -0.25) is 0 Å². The van der Waals surface area contributed by atoms with Crippen LogP contribution in [0.25, 0.3) is 0 Å². The Kier molecular flexibility index (Phi) is 7.66. The number of benzene rings is 1. The number of fused-ring (bicyclic) bond motifs is 1. The molecular weight excluding hydrogens is 443 g/mol. The molecule has 0 N–H and O–H groups in total. The summed E-state index contributed by atoms with van der Waals surface area (Å²) in [5, 5.41) is 1.40. The molecule has 1 aromatic carbocycles. The lowest BCUT2D eigenvalue weighted by Gasteiger charge is -2.37. The summed E-state index contributed by atoms with van der Waals surface area (Å²) in [5.74, 6) is 4.95. The summed E-state index contributed by atoms with van der Waals surface area (Å²) in [6.45, 7) is 6.87. The van der Waals surface area contributed by atoms with E-state index in [9.17, 15) is 4.79 Å². The van der Waals surface area contributed by atoms with Crippen LogP contribution in [0.4, 0.5) is 0 Å². The van der Waals surface area contributed by atoms with Crippen LogP contribution in [-0.4, -0.2) is 23.9 Å². The maximum Gasteiger partial charge on any atom is 0.344 e. The zero-order valence-corrected chi connectivity index (χ0v) is 20.6. The third kappa shape index (κ3) is 4.67. The molecule has 3 aliphatic rings. The normalized spacial score (nSPS) is 35.9. The molecule has 6 atom stereocenters. The van der Waals surface area contributed by atoms with Crippen LogP contribution in [0.3, 0.4) is 0 Å². The van der Waals surface area contributed by atoms with Gasteiger partial charge in [0.2, 0.25) is 0 Å². The first-order valence-corrected chi connectivity index (χ1v) is 13.4. The molecule has 29 heavy (non-hydrogen) atoms. The fourth-order valence-corrected chi connectivity index (χ4v) is 10.7. The largest absolute Gasteiger partial charge is 1.00 e. The Hall–Kier alpha value is -0.660. The van der Waals surface area contributed by atoms with Gasteiger partial charge in [-0.2, -0.15) is 0 Å². The Morgan fingerprint density at radius 1 is 1.14 bits per heavy atom. The van der Waals surface area contributed by atoms with Gasteiger partial charge in [-0.05, 0) is 68.1 Å². The lowest BCUT2D eigenvalue weighted by Crippen LogP contribution is -3.00. The molecule has 2 fully saturated rings. The van der Waals surface area contributed by atoms with Crippen molar-refractivity contribution in [2.45, 2.75) is 71.1 Å².